The molecule has 0 spiro atoms. The number of rotatable bonds is 5. The molecule has 5 nitrogen and oxygen atoms in total. The van der Waals surface area contributed by atoms with E-state index >= 15 is 0 Å². The Hall–Kier alpha value is -1.40. The Morgan fingerprint density at radius 2 is 2.23 bits per heavy atom. The standard InChI is InChI=1S/C16H21NO4S/c1-2-8-21-16(19)13-10-5-3-7-12(10)22-15(13)17-14(18)11-6-4-9-20-11/h11H,2-9H2,1H3,(H,17,18)/t11-/m1/s1. The maximum Gasteiger partial charge on any atom is 0.341 e. The van der Waals surface area contributed by atoms with Crippen molar-refractivity contribution in [2.75, 3.05) is 18.5 Å². The fraction of sp³-hybridized carbons (Fsp3) is 0.625. The van der Waals surface area contributed by atoms with Gasteiger partial charge in [-0.25, -0.2) is 4.79 Å². The molecule has 1 aromatic heterocycles. The topological polar surface area (TPSA) is 64.6 Å². The fourth-order valence-electron chi connectivity index (χ4n) is 2.95. The summed E-state index contributed by atoms with van der Waals surface area (Å²) >= 11 is 1.51. The molecule has 1 atom stereocenters. The lowest BCUT2D eigenvalue weighted by Gasteiger charge is -2.11. The van der Waals surface area contributed by atoms with E-state index in [1.807, 2.05) is 6.92 Å². The van der Waals surface area contributed by atoms with E-state index in [-0.39, 0.29) is 11.9 Å². The molecule has 1 aliphatic heterocycles. The highest BCUT2D eigenvalue weighted by atomic mass is 32.1. The highest BCUT2D eigenvalue weighted by molar-refractivity contribution is 7.17. The number of esters is 1. The molecule has 1 amide bonds. The second-order valence-electron chi connectivity index (χ2n) is 5.69. The van der Waals surface area contributed by atoms with Crippen LogP contribution in [0.15, 0.2) is 0 Å². The number of aryl methyl sites for hydroxylation is 1. The molecule has 2 heterocycles. The van der Waals surface area contributed by atoms with Gasteiger partial charge in [-0.05, 0) is 44.1 Å². The summed E-state index contributed by atoms with van der Waals surface area (Å²) in [5.74, 6) is -0.467. The van der Waals surface area contributed by atoms with Crippen LogP contribution in [-0.2, 0) is 27.1 Å². The molecule has 6 heteroatoms. The molecular weight excluding hydrogens is 302 g/mol. The van der Waals surface area contributed by atoms with Crippen LogP contribution >= 0.6 is 11.3 Å². The van der Waals surface area contributed by atoms with E-state index in [0.29, 0.717) is 23.8 Å². The zero-order chi connectivity index (χ0) is 15.5. The van der Waals surface area contributed by atoms with Gasteiger partial charge in [-0.3, -0.25) is 4.79 Å². The van der Waals surface area contributed by atoms with Crippen molar-refractivity contribution in [3.8, 4) is 0 Å². The van der Waals surface area contributed by atoms with Crippen molar-refractivity contribution in [2.45, 2.75) is 51.6 Å². The Balaban J connectivity index is 1.80. The van der Waals surface area contributed by atoms with Crippen molar-refractivity contribution in [1.29, 1.82) is 0 Å². The molecular formula is C16H21NO4S. The smallest absolute Gasteiger partial charge is 0.341 e. The maximum atomic E-state index is 12.3. The normalized spacial score (nSPS) is 20.0. The average Bonchev–Trinajstić information content (AvgIpc) is 3.20. The minimum atomic E-state index is -0.392. The maximum absolute atomic E-state index is 12.3. The Labute approximate surface area is 134 Å². The first-order valence-electron chi connectivity index (χ1n) is 7.94. The molecule has 1 saturated heterocycles. The zero-order valence-electron chi connectivity index (χ0n) is 12.8. The summed E-state index contributed by atoms with van der Waals surface area (Å²) in [4.78, 5) is 25.8. The summed E-state index contributed by atoms with van der Waals surface area (Å²) < 4.78 is 10.7. The van der Waals surface area contributed by atoms with Crippen LogP contribution in [0.1, 0.15) is 53.4 Å². The molecule has 0 aromatic carbocycles. The van der Waals surface area contributed by atoms with Crippen LogP contribution in [-0.4, -0.2) is 31.2 Å². The number of hydrogen-bond donors (Lipinski definition) is 1. The third kappa shape index (κ3) is 3.03. The number of amides is 1. The van der Waals surface area contributed by atoms with E-state index in [1.54, 1.807) is 0 Å². The molecule has 22 heavy (non-hydrogen) atoms. The van der Waals surface area contributed by atoms with E-state index in [9.17, 15) is 9.59 Å². The summed E-state index contributed by atoms with van der Waals surface area (Å²) in [6, 6.07) is 0. The molecule has 3 rings (SSSR count). The largest absolute Gasteiger partial charge is 0.462 e. The van der Waals surface area contributed by atoms with Gasteiger partial charge < -0.3 is 14.8 Å². The second-order valence-corrected chi connectivity index (χ2v) is 6.79. The molecule has 2 aliphatic rings. The van der Waals surface area contributed by atoms with Gasteiger partial charge in [0.05, 0.1) is 12.2 Å². The molecule has 0 radical (unpaired) electrons. The van der Waals surface area contributed by atoms with Gasteiger partial charge in [0, 0.05) is 11.5 Å². The monoisotopic (exact) mass is 323 g/mol. The third-order valence-electron chi connectivity index (χ3n) is 4.02. The first-order valence-corrected chi connectivity index (χ1v) is 8.76. The fourth-order valence-corrected chi connectivity index (χ4v) is 4.23. The first kappa shape index (κ1) is 15.5. The third-order valence-corrected chi connectivity index (χ3v) is 5.23. The Bertz CT molecular complexity index is 575. The van der Waals surface area contributed by atoms with Gasteiger partial charge in [-0.15, -0.1) is 11.3 Å². The SMILES string of the molecule is CCCOC(=O)c1c(NC(=O)[C@H]2CCCO2)sc2c1CCC2. The molecule has 1 aromatic rings. The number of anilines is 1. The van der Waals surface area contributed by atoms with E-state index in [2.05, 4.69) is 5.32 Å². The molecule has 0 saturated carbocycles. The van der Waals surface area contributed by atoms with E-state index in [4.69, 9.17) is 9.47 Å². The summed E-state index contributed by atoms with van der Waals surface area (Å²) in [6.07, 6.45) is 4.97. The predicted octanol–water partition coefficient (Wildman–Crippen LogP) is 2.92. The van der Waals surface area contributed by atoms with Crippen LogP contribution in [0.4, 0.5) is 5.00 Å². The van der Waals surface area contributed by atoms with E-state index in [0.717, 1.165) is 44.1 Å². The number of fused-ring (bicyclic) bond motifs is 1. The van der Waals surface area contributed by atoms with Crippen molar-refractivity contribution in [3.05, 3.63) is 16.0 Å². The van der Waals surface area contributed by atoms with Crippen molar-refractivity contribution in [1.82, 2.24) is 0 Å². The number of nitrogens with one attached hydrogen (secondary N) is 1. The van der Waals surface area contributed by atoms with Crippen LogP contribution < -0.4 is 5.32 Å². The minimum absolute atomic E-state index is 0.151. The minimum Gasteiger partial charge on any atom is -0.462 e. The average molecular weight is 323 g/mol. The quantitative estimate of drug-likeness (QED) is 0.846. The highest BCUT2D eigenvalue weighted by Crippen LogP contribution is 2.39. The van der Waals surface area contributed by atoms with Gasteiger partial charge in [0.25, 0.3) is 5.91 Å². The molecule has 1 N–H and O–H groups in total. The van der Waals surface area contributed by atoms with Crippen molar-refractivity contribution in [2.24, 2.45) is 0 Å². The summed E-state index contributed by atoms with van der Waals surface area (Å²) in [5, 5.41) is 3.52. The number of carbonyl (C=O) groups is 2. The lowest BCUT2D eigenvalue weighted by Crippen LogP contribution is -2.27. The Morgan fingerprint density at radius 3 is 2.95 bits per heavy atom. The summed E-state index contributed by atoms with van der Waals surface area (Å²) in [6.45, 7) is 3.00. The van der Waals surface area contributed by atoms with Gasteiger partial charge in [0.15, 0.2) is 0 Å². The van der Waals surface area contributed by atoms with Crippen LogP contribution in [0.2, 0.25) is 0 Å². The lowest BCUT2D eigenvalue weighted by atomic mass is 10.1. The van der Waals surface area contributed by atoms with Gasteiger partial charge in [0.1, 0.15) is 11.1 Å². The van der Waals surface area contributed by atoms with Crippen LogP contribution in [0.5, 0.6) is 0 Å². The molecule has 120 valence electrons. The van der Waals surface area contributed by atoms with Crippen molar-refractivity contribution >= 4 is 28.2 Å². The Kier molecular flexibility index (Phi) is 4.78. The Morgan fingerprint density at radius 1 is 1.36 bits per heavy atom. The molecule has 0 bridgehead atoms. The van der Waals surface area contributed by atoms with Gasteiger partial charge in [-0.2, -0.15) is 0 Å². The second kappa shape index (κ2) is 6.79. The van der Waals surface area contributed by atoms with E-state index in [1.165, 1.54) is 16.2 Å². The number of thiophene rings is 1. The number of hydrogen-bond acceptors (Lipinski definition) is 5. The predicted molar refractivity (Wildman–Crippen MR) is 84.5 cm³/mol. The first-order chi connectivity index (χ1) is 10.7. The number of ether oxygens (including phenoxy) is 2. The summed E-state index contributed by atoms with van der Waals surface area (Å²) in [5.41, 5.74) is 1.63. The highest BCUT2D eigenvalue weighted by Gasteiger charge is 2.30. The van der Waals surface area contributed by atoms with Gasteiger partial charge in [0.2, 0.25) is 0 Å². The summed E-state index contributed by atoms with van der Waals surface area (Å²) in [7, 11) is 0. The molecule has 1 fully saturated rings. The van der Waals surface area contributed by atoms with E-state index < -0.39 is 6.10 Å². The van der Waals surface area contributed by atoms with Gasteiger partial charge in [-0.1, -0.05) is 6.92 Å². The molecule has 1 aliphatic carbocycles. The molecule has 0 unspecified atom stereocenters. The van der Waals surface area contributed by atoms with Crippen molar-refractivity contribution in [3.63, 3.8) is 0 Å². The van der Waals surface area contributed by atoms with Gasteiger partial charge >= 0.3 is 5.97 Å². The van der Waals surface area contributed by atoms with Crippen LogP contribution in [0.25, 0.3) is 0 Å². The van der Waals surface area contributed by atoms with Crippen molar-refractivity contribution < 1.29 is 19.1 Å². The van der Waals surface area contributed by atoms with Crippen LogP contribution in [0.3, 0.4) is 0 Å². The van der Waals surface area contributed by atoms with Crippen LogP contribution in [0, 0.1) is 0 Å². The zero-order valence-corrected chi connectivity index (χ0v) is 13.6. The lowest BCUT2D eigenvalue weighted by molar-refractivity contribution is -0.124. The number of carbonyl (C=O) groups excluding carboxylic acids is 2.